The molecular weight excluding hydrogens is 408 g/mol. The monoisotopic (exact) mass is 440 g/mol. The molecule has 3 heteroatoms. The van der Waals surface area contributed by atoms with Crippen molar-refractivity contribution in [1.82, 2.24) is 0 Å². The van der Waals surface area contributed by atoms with E-state index in [9.17, 15) is 4.79 Å². The van der Waals surface area contributed by atoms with E-state index in [2.05, 4.69) is 50.2 Å². The molecule has 0 atom stereocenters. The summed E-state index contributed by atoms with van der Waals surface area (Å²) < 4.78 is 12.8. The van der Waals surface area contributed by atoms with E-state index < -0.39 is 5.60 Å². The lowest BCUT2D eigenvalue weighted by Crippen LogP contribution is -2.33. The molecule has 5 rings (SSSR count). The fraction of sp³-hybridized carbons (Fsp3) is 0.367. The number of benzene rings is 3. The molecule has 2 aliphatic heterocycles. The minimum absolute atomic E-state index is 0.275. The molecule has 1 spiro atoms. The van der Waals surface area contributed by atoms with Crippen LogP contribution in [0, 0.1) is 0 Å². The van der Waals surface area contributed by atoms with Crippen LogP contribution in [-0.2, 0) is 23.2 Å². The van der Waals surface area contributed by atoms with Crippen LogP contribution in [0.4, 0.5) is 0 Å². The molecule has 0 bridgehead atoms. The van der Waals surface area contributed by atoms with Gasteiger partial charge in [0.05, 0.1) is 5.56 Å². The fourth-order valence-corrected chi connectivity index (χ4v) is 5.23. The van der Waals surface area contributed by atoms with Crippen molar-refractivity contribution in [3.8, 4) is 11.5 Å². The van der Waals surface area contributed by atoms with Crippen molar-refractivity contribution in [3.63, 3.8) is 0 Å². The molecule has 0 fully saturated rings. The highest BCUT2D eigenvalue weighted by atomic mass is 16.6. The van der Waals surface area contributed by atoms with Crippen LogP contribution in [0.2, 0.25) is 0 Å². The number of unbranched alkanes of at least 4 members (excludes halogenated alkanes) is 4. The van der Waals surface area contributed by atoms with Gasteiger partial charge in [0.25, 0.3) is 0 Å². The van der Waals surface area contributed by atoms with Crippen LogP contribution in [0.25, 0.3) is 0 Å². The SMILES string of the molecule is CCCCCc1ccc2c(c1)Oc1cc(CCCCC)ccc1C21OC(=O)c2ccccc21. The number of carbonyl (C=O) groups is 1. The second-order valence-corrected chi connectivity index (χ2v) is 9.29. The molecule has 0 amide bonds. The highest BCUT2D eigenvalue weighted by Crippen LogP contribution is 2.56. The number of fused-ring (bicyclic) bond motifs is 6. The number of esters is 1. The summed E-state index contributed by atoms with van der Waals surface area (Å²) in [6.07, 6.45) is 9.22. The number of carbonyl (C=O) groups excluding carboxylic acids is 1. The van der Waals surface area contributed by atoms with Gasteiger partial charge in [0.2, 0.25) is 0 Å². The van der Waals surface area contributed by atoms with Crippen LogP contribution in [-0.4, -0.2) is 5.97 Å². The van der Waals surface area contributed by atoms with Gasteiger partial charge in [0, 0.05) is 16.7 Å². The Bertz CT molecular complexity index is 1120. The molecule has 170 valence electrons. The summed E-state index contributed by atoms with van der Waals surface area (Å²) in [4.78, 5) is 13.0. The van der Waals surface area contributed by atoms with Crippen molar-refractivity contribution in [2.45, 2.75) is 70.8 Å². The molecule has 2 heterocycles. The van der Waals surface area contributed by atoms with E-state index >= 15 is 0 Å². The molecule has 0 N–H and O–H groups in total. The van der Waals surface area contributed by atoms with E-state index in [0.717, 1.165) is 53.9 Å². The molecule has 3 aromatic rings. The summed E-state index contributed by atoms with van der Waals surface area (Å²) in [5.74, 6) is 1.32. The van der Waals surface area contributed by atoms with Crippen LogP contribution in [0.5, 0.6) is 11.5 Å². The summed E-state index contributed by atoms with van der Waals surface area (Å²) in [6.45, 7) is 4.45. The van der Waals surface area contributed by atoms with Gasteiger partial charge in [-0.3, -0.25) is 0 Å². The van der Waals surface area contributed by atoms with Gasteiger partial charge in [-0.15, -0.1) is 0 Å². The van der Waals surface area contributed by atoms with Crippen LogP contribution in [0.15, 0.2) is 60.7 Å². The van der Waals surface area contributed by atoms with E-state index in [1.165, 1.54) is 36.8 Å². The Morgan fingerprint density at radius 3 is 1.85 bits per heavy atom. The third-order valence-electron chi connectivity index (χ3n) is 6.98. The topological polar surface area (TPSA) is 35.5 Å². The van der Waals surface area contributed by atoms with Crippen molar-refractivity contribution in [3.05, 3.63) is 94.0 Å². The van der Waals surface area contributed by atoms with Crippen molar-refractivity contribution in [2.24, 2.45) is 0 Å². The van der Waals surface area contributed by atoms with Gasteiger partial charge >= 0.3 is 5.97 Å². The second kappa shape index (κ2) is 9.05. The predicted octanol–water partition coefficient (Wildman–Crippen LogP) is 7.72. The lowest BCUT2D eigenvalue weighted by Gasteiger charge is -2.37. The first-order valence-electron chi connectivity index (χ1n) is 12.4. The second-order valence-electron chi connectivity index (χ2n) is 9.29. The number of aryl methyl sites for hydroxylation is 2. The molecule has 3 nitrogen and oxygen atoms in total. The first-order valence-corrected chi connectivity index (χ1v) is 12.4. The predicted molar refractivity (Wildman–Crippen MR) is 131 cm³/mol. The number of hydrogen-bond acceptors (Lipinski definition) is 3. The summed E-state index contributed by atoms with van der Waals surface area (Å²) in [7, 11) is 0. The van der Waals surface area contributed by atoms with Gasteiger partial charge in [-0.1, -0.05) is 82.0 Å². The molecule has 0 saturated heterocycles. The first kappa shape index (κ1) is 21.8. The Kier molecular flexibility index (Phi) is 5.97. The maximum absolute atomic E-state index is 13.0. The smallest absolute Gasteiger partial charge is 0.340 e. The minimum Gasteiger partial charge on any atom is -0.456 e. The molecule has 0 radical (unpaired) electrons. The molecule has 0 aliphatic carbocycles. The maximum atomic E-state index is 13.0. The van der Waals surface area contributed by atoms with Crippen molar-refractivity contribution in [1.29, 1.82) is 0 Å². The zero-order valence-corrected chi connectivity index (χ0v) is 19.7. The van der Waals surface area contributed by atoms with Gasteiger partial charge in [0.15, 0.2) is 5.60 Å². The number of ether oxygens (including phenoxy) is 2. The van der Waals surface area contributed by atoms with Gasteiger partial charge in [-0.05, 0) is 55.0 Å². The van der Waals surface area contributed by atoms with E-state index in [4.69, 9.17) is 9.47 Å². The van der Waals surface area contributed by atoms with Crippen LogP contribution in [0.1, 0.15) is 90.5 Å². The summed E-state index contributed by atoms with van der Waals surface area (Å²) >= 11 is 0. The molecule has 33 heavy (non-hydrogen) atoms. The van der Waals surface area contributed by atoms with Crippen molar-refractivity contribution < 1.29 is 14.3 Å². The number of hydrogen-bond donors (Lipinski definition) is 0. The fourth-order valence-electron chi connectivity index (χ4n) is 5.23. The van der Waals surface area contributed by atoms with E-state index in [0.29, 0.717) is 5.56 Å². The summed E-state index contributed by atoms with van der Waals surface area (Å²) in [5, 5.41) is 0. The lowest BCUT2D eigenvalue weighted by molar-refractivity contribution is 0.0224. The lowest BCUT2D eigenvalue weighted by atomic mass is 9.77. The highest BCUT2D eigenvalue weighted by Gasteiger charge is 2.53. The largest absolute Gasteiger partial charge is 0.456 e. The molecule has 0 saturated carbocycles. The Hall–Kier alpha value is -3.07. The quantitative estimate of drug-likeness (QED) is 0.266. The normalized spacial score (nSPS) is 14.9. The average Bonchev–Trinajstić information content (AvgIpc) is 3.12. The van der Waals surface area contributed by atoms with E-state index in [1.807, 2.05) is 24.3 Å². The Labute approximate surface area is 196 Å². The van der Waals surface area contributed by atoms with Gasteiger partial charge < -0.3 is 9.47 Å². The zero-order chi connectivity index (χ0) is 22.8. The van der Waals surface area contributed by atoms with Crippen LogP contribution in [0.3, 0.4) is 0 Å². The minimum atomic E-state index is -0.958. The maximum Gasteiger partial charge on any atom is 0.340 e. The first-order chi connectivity index (χ1) is 16.2. The zero-order valence-electron chi connectivity index (χ0n) is 19.7. The van der Waals surface area contributed by atoms with Crippen LogP contribution >= 0.6 is 0 Å². The van der Waals surface area contributed by atoms with Crippen molar-refractivity contribution >= 4 is 5.97 Å². The van der Waals surface area contributed by atoms with Crippen molar-refractivity contribution in [2.75, 3.05) is 0 Å². The molecule has 2 aliphatic rings. The van der Waals surface area contributed by atoms with E-state index in [1.54, 1.807) is 0 Å². The molecule has 0 unspecified atom stereocenters. The van der Waals surface area contributed by atoms with Gasteiger partial charge in [-0.25, -0.2) is 4.79 Å². The Morgan fingerprint density at radius 2 is 1.27 bits per heavy atom. The van der Waals surface area contributed by atoms with Gasteiger partial charge in [-0.2, -0.15) is 0 Å². The summed E-state index contributed by atoms with van der Waals surface area (Å²) in [5.41, 5.74) is 4.92. The molecular formula is C30H32O3. The third-order valence-corrected chi connectivity index (χ3v) is 6.98. The Morgan fingerprint density at radius 1 is 0.697 bits per heavy atom. The standard InChI is InChI=1S/C30H32O3/c1-3-5-7-11-21-15-17-25-27(19-21)32-28-20-22(12-8-6-4-2)16-18-26(28)30(25)24-14-10-9-13-23(24)29(31)33-30/h9-10,13-20H,3-8,11-12H2,1-2H3. The summed E-state index contributed by atoms with van der Waals surface area (Å²) in [6, 6.07) is 20.6. The molecule has 3 aromatic carbocycles. The highest BCUT2D eigenvalue weighted by molar-refractivity contribution is 5.97. The van der Waals surface area contributed by atoms with Gasteiger partial charge in [0.1, 0.15) is 11.5 Å². The Balaban J connectivity index is 1.63. The average molecular weight is 441 g/mol. The van der Waals surface area contributed by atoms with E-state index in [-0.39, 0.29) is 5.97 Å². The van der Waals surface area contributed by atoms with Crippen LogP contribution < -0.4 is 4.74 Å². The number of rotatable bonds is 8. The molecule has 0 aromatic heterocycles. The third kappa shape index (κ3) is 3.74.